The van der Waals surface area contributed by atoms with Gasteiger partial charge in [0.25, 0.3) is 0 Å². The van der Waals surface area contributed by atoms with Crippen LogP contribution in [0.4, 0.5) is 11.4 Å². The minimum Gasteiger partial charge on any atom is -0.457 e. The van der Waals surface area contributed by atoms with E-state index in [1.54, 1.807) is 0 Å². The smallest absolute Gasteiger partial charge is 0.221 e. The topological polar surface area (TPSA) is 41.6 Å². The third-order valence-corrected chi connectivity index (χ3v) is 3.95. The Bertz CT molecular complexity index is 661. The SMILES string of the molecule is CC(=O)Nc1ccc(Oc2cccc(N3CCCCC3)c2)cc1. The van der Waals surface area contributed by atoms with Crippen molar-refractivity contribution in [2.75, 3.05) is 23.3 Å². The van der Waals surface area contributed by atoms with Crippen LogP contribution < -0.4 is 15.0 Å². The molecule has 0 aromatic heterocycles. The quantitative estimate of drug-likeness (QED) is 0.908. The normalized spacial score (nSPS) is 14.4. The molecule has 2 aromatic carbocycles. The standard InChI is InChI=1S/C19H22N2O2/c1-15(22)20-16-8-10-18(11-9-16)23-19-7-5-6-17(14-19)21-12-3-2-4-13-21/h5-11,14H,2-4,12-13H2,1H3,(H,20,22). The van der Waals surface area contributed by atoms with Crippen molar-refractivity contribution >= 4 is 17.3 Å². The number of piperidine rings is 1. The number of carbonyl (C=O) groups is 1. The highest BCUT2D eigenvalue weighted by atomic mass is 16.5. The van der Waals surface area contributed by atoms with Crippen molar-refractivity contribution in [3.8, 4) is 11.5 Å². The van der Waals surface area contributed by atoms with E-state index in [1.165, 1.54) is 31.9 Å². The van der Waals surface area contributed by atoms with Gasteiger partial charge in [0.05, 0.1) is 0 Å². The lowest BCUT2D eigenvalue weighted by Crippen LogP contribution is -2.29. The van der Waals surface area contributed by atoms with Crippen LogP contribution in [0.3, 0.4) is 0 Å². The van der Waals surface area contributed by atoms with E-state index in [0.29, 0.717) is 0 Å². The van der Waals surface area contributed by atoms with Crippen molar-refractivity contribution in [2.24, 2.45) is 0 Å². The maximum absolute atomic E-state index is 11.0. The van der Waals surface area contributed by atoms with Crippen LogP contribution in [0.25, 0.3) is 0 Å². The second-order valence-electron chi connectivity index (χ2n) is 5.85. The second-order valence-corrected chi connectivity index (χ2v) is 5.85. The van der Waals surface area contributed by atoms with Crippen LogP contribution >= 0.6 is 0 Å². The zero-order chi connectivity index (χ0) is 16.1. The zero-order valence-electron chi connectivity index (χ0n) is 13.4. The minimum atomic E-state index is -0.0760. The van der Waals surface area contributed by atoms with Crippen LogP contribution in [0.5, 0.6) is 11.5 Å². The number of nitrogens with one attached hydrogen (secondary N) is 1. The molecular formula is C19H22N2O2. The van der Waals surface area contributed by atoms with Crippen molar-refractivity contribution < 1.29 is 9.53 Å². The van der Waals surface area contributed by atoms with Gasteiger partial charge in [0.1, 0.15) is 11.5 Å². The molecule has 0 aliphatic carbocycles. The highest BCUT2D eigenvalue weighted by molar-refractivity contribution is 5.88. The van der Waals surface area contributed by atoms with Gasteiger partial charge in [0.15, 0.2) is 0 Å². The maximum Gasteiger partial charge on any atom is 0.221 e. The van der Waals surface area contributed by atoms with Gasteiger partial charge in [-0.1, -0.05) is 6.07 Å². The fraction of sp³-hybridized carbons (Fsp3) is 0.316. The van der Waals surface area contributed by atoms with Crippen LogP contribution in [-0.4, -0.2) is 19.0 Å². The summed E-state index contributed by atoms with van der Waals surface area (Å²) in [6.45, 7) is 3.74. The van der Waals surface area contributed by atoms with E-state index < -0.39 is 0 Å². The van der Waals surface area contributed by atoms with Gasteiger partial charge in [0, 0.05) is 37.5 Å². The molecule has 4 heteroatoms. The summed E-state index contributed by atoms with van der Waals surface area (Å²) in [5, 5.41) is 2.75. The van der Waals surface area contributed by atoms with Gasteiger partial charge in [0.2, 0.25) is 5.91 Å². The van der Waals surface area contributed by atoms with Crippen LogP contribution in [0.15, 0.2) is 48.5 Å². The van der Waals surface area contributed by atoms with Gasteiger partial charge in [-0.05, 0) is 55.7 Å². The van der Waals surface area contributed by atoms with Gasteiger partial charge in [-0.2, -0.15) is 0 Å². The highest BCUT2D eigenvalue weighted by Crippen LogP contribution is 2.28. The number of amides is 1. The Morgan fingerprint density at radius 1 is 1.00 bits per heavy atom. The van der Waals surface area contributed by atoms with Gasteiger partial charge in [-0.15, -0.1) is 0 Å². The molecule has 0 saturated carbocycles. The predicted molar refractivity (Wildman–Crippen MR) is 93.3 cm³/mol. The van der Waals surface area contributed by atoms with Crippen LogP contribution in [0.2, 0.25) is 0 Å². The van der Waals surface area contributed by atoms with Crippen molar-refractivity contribution in [1.82, 2.24) is 0 Å². The lowest BCUT2D eigenvalue weighted by molar-refractivity contribution is -0.114. The molecule has 0 atom stereocenters. The fourth-order valence-electron chi connectivity index (χ4n) is 2.84. The lowest BCUT2D eigenvalue weighted by atomic mass is 10.1. The number of nitrogens with zero attached hydrogens (tertiary/aromatic N) is 1. The third kappa shape index (κ3) is 4.25. The first-order chi connectivity index (χ1) is 11.2. The number of hydrogen-bond donors (Lipinski definition) is 1. The first-order valence-electron chi connectivity index (χ1n) is 8.11. The van der Waals surface area contributed by atoms with Crippen molar-refractivity contribution in [1.29, 1.82) is 0 Å². The summed E-state index contributed by atoms with van der Waals surface area (Å²) < 4.78 is 5.93. The minimum absolute atomic E-state index is 0.0760. The molecule has 4 nitrogen and oxygen atoms in total. The number of carbonyl (C=O) groups excluding carboxylic acids is 1. The maximum atomic E-state index is 11.0. The molecule has 0 radical (unpaired) electrons. The van der Waals surface area contributed by atoms with Gasteiger partial charge >= 0.3 is 0 Å². The summed E-state index contributed by atoms with van der Waals surface area (Å²) in [6.07, 6.45) is 3.85. The molecule has 1 fully saturated rings. The number of rotatable bonds is 4. The van der Waals surface area contributed by atoms with Crippen LogP contribution in [0, 0.1) is 0 Å². The largest absolute Gasteiger partial charge is 0.457 e. The molecule has 1 amide bonds. The number of hydrogen-bond acceptors (Lipinski definition) is 3. The molecule has 120 valence electrons. The Hall–Kier alpha value is -2.49. The molecule has 0 bridgehead atoms. The van der Waals surface area contributed by atoms with E-state index in [2.05, 4.69) is 22.3 Å². The van der Waals surface area contributed by atoms with E-state index in [1.807, 2.05) is 36.4 Å². The summed E-state index contributed by atoms with van der Waals surface area (Å²) in [4.78, 5) is 13.4. The van der Waals surface area contributed by atoms with Gasteiger partial charge < -0.3 is 15.0 Å². The fourth-order valence-corrected chi connectivity index (χ4v) is 2.84. The molecule has 1 aliphatic heterocycles. The molecule has 0 spiro atoms. The number of benzene rings is 2. The summed E-state index contributed by atoms with van der Waals surface area (Å²) >= 11 is 0. The number of ether oxygens (including phenoxy) is 1. The molecule has 1 heterocycles. The average Bonchev–Trinajstić information content (AvgIpc) is 2.57. The molecule has 1 saturated heterocycles. The second kappa shape index (κ2) is 7.18. The first-order valence-corrected chi connectivity index (χ1v) is 8.11. The molecule has 0 unspecified atom stereocenters. The van der Waals surface area contributed by atoms with E-state index >= 15 is 0 Å². The Morgan fingerprint density at radius 3 is 2.43 bits per heavy atom. The summed E-state index contributed by atoms with van der Waals surface area (Å²) in [7, 11) is 0. The Balaban J connectivity index is 1.68. The van der Waals surface area contributed by atoms with Crippen molar-refractivity contribution in [3.63, 3.8) is 0 Å². The van der Waals surface area contributed by atoms with Crippen molar-refractivity contribution in [3.05, 3.63) is 48.5 Å². The monoisotopic (exact) mass is 310 g/mol. The average molecular weight is 310 g/mol. The van der Waals surface area contributed by atoms with Gasteiger partial charge in [-0.25, -0.2) is 0 Å². The Morgan fingerprint density at radius 2 is 1.74 bits per heavy atom. The molecule has 1 aliphatic rings. The van der Waals surface area contributed by atoms with E-state index in [9.17, 15) is 4.79 Å². The number of anilines is 2. The molecule has 3 rings (SSSR count). The first kappa shape index (κ1) is 15.4. The van der Waals surface area contributed by atoms with Gasteiger partial charge in [-0.3, -0.25) is 4.79 Å². The zero-order valence-corrected chi connectivity index (χ0v) is 13.4. The molecule has 1 N–H and O–H groups in total. The molecular weight excluding hydrogens is 288 g/mol. The third-order valence-electron chi connectivity index (χ3n) is 3.95. The summed E-state index contributed by atoms with van der Waals surface area (Å²) in [5.41, 5.74) is 1.99. The molecule has 2 aromatic rings. The van der Waals surface area contributed by atoms with E-state index in [-0.39, 0.29) is 5.91 Å². The lowest BCUT2D eigenvalue weighted by Gasteiger charge is -2.29. The van der Waals surface area contributed by atoms with Crippen LogP contribution in [-0.2, 0) is 4.79 Å². The Labute approximate surface area is 137 Å². The van der Waals surface area contributed by atoms with E-state index in [4.69, 9.17) is 4.74 Å². The summed E-state index contributed by atoms with van der Waals surface area (Å²) in [5.74, 6) is 1.52. The summed E-state index contributed by atoms with van der Waals surface area (Å²) in [6, 6.07) is 15.6. The molecule has 23 heavy (non-hydrogen) atoms. The Kier molecular flexibility index (Phi) is 4.81. The van der Waals surface area contributed by atoms with E-state index in [0.717, 1.165) is 30.3 Å². The van der Waals surface area contributed by atoms with Crippen LogP contribution in [0.1, 0.15) is 26.2 Å². The van der Waals surface area contributed by atoms with Crippen molar-refractivity contribution in [2.45, 2.75) is 26.2 Å². The highest BCUT2D eigenvalue weighted by Gasteiger charge is 2.11. The predicted octanol–water partition coefficient (Wildman–Crippen LogP) is 4.43.